The van der Waals surface area contributed by atoms with Crippen molar-refractivity contribution in [3.8, 4) is 11.5 Å². The Morgan fingerprint density at radius 2 is 2.00 bits per heavy atom. The second-order valence-electron chi connectivity index (χ2n) is 7.57. The van der Waals surface area contributed by atoms with Gasteiger partial charge in [0.15, 0.2) is 16.9 Å². The number of nitrogens with zero attached hydrogens (tertiary/aromatic N) is 5. The van der Waals surface area contributed by atoms with Crippen LogP contribution in [0.15, 0.2) is 42.9 Å². The summed E-state index contributed by atoms with van der Waals surface area (Å²) >= 11 is 0. The molecule has 3 aromatic heterocycles. The molecule has 4 N–H and O–H groups in total. The van der Waals surface area contributed by atoms with E-state index < -0.39 is 17.3 Å². The molecule has 0 bridgehead atoms. The van der Waals surface area contributed by atoms with Gasteiger partial charge in [0.25, 0.3) is 0 Å². The van der Waals surface area contributed by atoms with Crippen LogP contribution in [0.5, 0.6) is 0 Å². The van der Waals surface area contributed by atoms with Crippen molar-refractivity contribution in [3.05, 3.63) is 65.5 Å². The predicted molar refractivity (Wildman–Crippen MR) is 111 cm³/mol. The molecule has 0 fully saturated rings. The van der Waals surface area contributed by atoms with Crippen molar-refractivity contribution < 1.29 is 19.1 Å². The van der Waals surface area contributed by atoms with Crippen LogP contribution in [-0.2, 0) is 21.4 Å². The van der Waals surface area contributed by atoms with Crippen molar-refractivity contribution in [2.45, 2.75) is 18.8 Å². The molecular weight excluding hydrogens is 417 g/mol. The molecule has 1 aliphatic heterocycles. The van der Waals surface area contributed by atoms with E-state index in [0.717, 1.165) is 5.56 Å². The van der Waals surface area contributed by atoms with Gasteiger partial charge in [0.05, 0.1) is 11.3 Å². The molecule has 4 heterocycles. The van der Waals surface area contributed by atoms with E-state index in [0.29, 0.717) is 23.5 Å². The molecule has 5 rings (SSSR count). The van der Waals surface area contributed by atoms with E-state index in [2.05, 4.69) is 25.3 Å². The van der Waals surface area contributed by atoms with E-state index in [4.69, 9.17) is 5.73 Å². The van der Waals surface area contributed by atoms with Crippen molar-refractivity contribution in [2.24, 2.45) is 0 Å². The second kappa shape index (κ2) is 6.80. The van der Waals surface area contributed by atoms with Crippen LogP contribution >= 0.6 is 0 Å². The Morgan fingerprint density at radius 1 is 1.25 bits per heavy atom. The lowest BCUT2D eigenvalue weighted by molar-refractivity contribution is -0.146. The molecule has 0 saturated carbocycles. The van der Waals surface area contributed by atoms with Crippen molar-refractivity contribution in [3.63, 3.8) is 0 Å². The number of anilines is 2. The summed E-state index contributed by atoms with van der Waals surface area (Å²) < 4.78 is 15.0. The van der Waals surface area contributed by atoms with E-state index in [9.17, 15) is 19.1 Å². The third-order valence-electron chi connectivity index (χ3n) is 5.51. The van der Waals surface area contributed by atoms with Crippen LogP contribution in [0, 0.1) is 5.82 Å². The number of halogens is 1. The number of rotatable bonds is 4. The Bertz CT molecular complexity index is 1420. The molecule has 1 atom stereocenters. The summed E-state index contributed by atoms with van der Waals surface area (Å²) in [6, 6.07) is 6.06. The number of aliphatic carboxylic acids is 1. The summed E-state index contributed by atoms with van der Waals surface area (Å²) in [5.41, 5.74) is 6.59. The first-order valence-electron chi connectivity index (χ1n) is 9.57. The molecule has 10 nitrogen and oxygen atoms in total. The molecule has 1 aliphatic rings. The molecular formula is C21H16FN7O3. The number of hydrogen-bond donors (Lipinski definition) is 3. The van der Waals surface area contributed by atoms with Gasteiger partial charge in [-0.25, -0.2) is 24.3 Å². The molecule has 0 radical (unpaired) electrons. The standard InChI is InChI=1S/C21H16FN7O3/c1-21(20(31)32)14-15(23)26-16(27-17(14)28-19(21)30)13-9-29-7-6-24-18(29)12(25-13)8-10-2-4-11(22)5-3-10/h2-7,9H,8H2,1H3,(H,31,32)(H3,23,26,27,28,30). The summed E-state index contributed by atoms with van der Waals surface area (Å²) in [5, 5.41) is 12.0. The van der Waals surface area contributed by atoms with Crippen molar-refractivity contribution in [2.75, 3.05) is 11.1 Å². The zero-order valence-corrected chi connectivity index (χ0v) is 16.7. The fraction of sp³-hybridized carbons (Fsp3) is 0.143. The number of nitrogens with one attached hydrogen (secondary N) is 1. The Kier molecular flexibility index (Phi) is 4.16. The Hall–Kier alpha value is -4.41. The number of nitrogen functional groups attached to an aromatic ring is 1. The first-order valence-corrected chi connectivity index (χ1v) is 9.57. The summed E-state index contributed by atoms with van der Waals surface area (Å²) in [5.74, 6) is -2.40. The highest BCUT2D eigenvalue weighted by Crippen LogP contribution is 2.40. The van der Waals surface area contributed by atoms with Gasteiger partial charge in [-0.2, -0.15) is 0 Å². The maximum atomic E-state index is 13.3. The first-order chi connectivity index (χ1) is 15.3. The van der Waals surface area contributed by atoms with Crippen LogP contribution < -0.4 is 11.1 Å². The lowest BCUT2D eigenvalue weighted by atomic mass is 9.85. The highest BCUT2D eigenvalue weighted by Gasteiger charge is 2.52. The summed E-state index contributed by atoms with van der Waals surface area (Å²) in [7, 11) is 0. The summed E-state index contributed by atoms with van der Waals surface area (Å²) in [4.78, 5) is 41.6. The van der Waals surface area contributed by atoms with E-state index >= 15 is 0 Å². The molecule has 1 amide bonds. The molecule has 0 aliphatic carbocycles. The van der Waals surface area contributed by atoms with Crippen LogP contribution in [-0.4, -0.2) is 41.3 Å². The average molecular weight is 433 g/mol. The maximum absolute atomic E-state index is 13.3. The number of carbonyl (C=O) groups is 2. The molecule has 32 heavy (non-hydrogen) atoms. The van der Waals surface area contributed by atoms with Gasteiger partial charge in [0, 0.05) is 25.0 Å². The van der Waals surface area contributed by atoms with Gasteiger partial charge in [-0.05, 0) is 24.6 Å². The van der Waals surface area contributed by atoms with Crippen molar-refractivity contribution >= 4 is 29.2 Å². The van der Waals surface area contributed by atoms with Crippen molar-refractivity contribution in [1.29, 1.82) is 0 Å². The average Bonchev–Trinajstić information content (AvgIpc) is 3.33. The summed E-state index contributed by atoms with van der Waals surface area (Å²) in [6.07, 6.45) is 5.38. The van der Waals surface area contributed by atoms with Crippen LogP contribution in [0.1, 0.15) is 23.7 Å². The van der Waals surface area contributed by atoms with Crippen LogP contribution in [0.25, 0.3) is 17.2 Å². The van der Waals surface area contributed by atoms with E-state index in [1.165, 1.54) is 19.1 Å². The SMILES string of the molecule is CC1(C(=O)O)C(=O)Nc2nc(-c3cn4ccnc4c(Cc4ccc(F)cc4)n3)nc(N)c21. The second-order valence-corrected chi connectivity index (χ2v) is 7.57. The first kappa shape index (κ1) is 19.5. The Balaban J connectivity index is 1.63. The lowest BCUT2D eigenvalue weighted by Gasteiger charge is -2.17. The number of hydrogen-bond acceptors (Lipinski definition) is 7. The van der Waals surface area contributed by atoms with Crippen LogP contribution in [0.2, 0.25) is 0 Å². The number of carbonyl (C=O) groups excluding carboxylic acids is 1. The van der Waals surface area contributed by atoms with E-state index in [1.54, 1.807) is 35.1 Å². The fourth-order valence-electron chi connectivity index (χ4n) is 3.74. The van der Waals surface area contributed by atoms with E-state index in [1.807, 2.05) is 0 Å². The number of amides is 1. The number of carboxylic acids is 1. The van der Waals surface area contributed by atoms with Gasteiger partial charge in [-0.1, -0.05) is 12.1 Å². The Morgan fingerprint density at radius 3 is 2.72 bits per heavy atom. The Labute approximate surface area is 180 Å². The number of carboxylic acid groups (broad SMARTS) is 1. The van der Waals surface area contributed by atoms with Gasteiger partial charge in [0.2, 0.25) is 5.91 Å². The van der Waals surface area contributed by atoms with Gasteiger partial charge in [-0.3, -0.25) is 9.59 Å². The minimum Gasteiger partial charge on any atom is -0.480 e. The third kappa shape index (κ3) is 2.86. The smallest absolute Gasteiger partial charge is 0.323 e. The topological polar surface area (TPSA) is 148 Å². The number of fused-ring (bicyclic) bond motifs is 2. The van der Waals surface area contributed by atoms with Crippen LogP contribution in [0.3, 0.4) is 0 Å². The highest BCUT2D eigenvalue weighted by atomic mass is 19.1. The zero-order valence-electron chi connectivity index (χ0n) is 16.7. The predicted octanol–water partition coefficient (Wildman–Crippen LogP) is 1.79. The summed E-state index contributed by atoms with van der Waals surface area (Å²) in [6.45, 7) is 1.26. The monoisotopic (exact) mass is 433 g/mol. The quantitative estimate of drug-likeness (QED) is 0.413. The number of nitrogens with two attached hydrogens (primary N) is 1. The molecule has 160 valence electrons. The fourth-order valence-corrected chi connectivity index (χ4v) is 3.74. The molecule has 4 aromatic rings. The minimum atomic E-state index is -1.88. The van der Waals surface area contributed by atoms with Gasteiger partial charge in [-0.15, -0.1) is 0 Å². The molecule has 0 saturated heterocycles. The molecule has 1 aromatic carbocycles. The minimum absolute atomic E-state index is 0.0222. The lowest BCUT2D eigenvalue weighted by Crippen LogP contribution is -2.39. The van der Waals surface area contributed by atoms with Gasteiger partial charge < -0.3 is 20.6 Å². The number of imidazole rings is 1. The zero-order chi connectivity index (χ0) is 22.6. The van der Waals surface area contributed by atoms with Crippen molar-refractivity contribution in [1.82, 2.24) is 24.3 Å². The highest BCUT2D eigenvalue weighted by molar-refractivity contribution is 6.19. The number of aromatic nitrogens is 5. The molecule has 11 heteroatoms. The molecule has 1 unspecified atom stereocenters. The maximum Gasteiger partial charge on any atom is 0.323 e. The largest absolute Gasteiger partial charge is 0.480 e. The normalized spacial score (nSPS) is 17.4. The van der Waals surface area contributed by atoms with Gasteiger partial charge >= 0.3 is 5.97 Å². The van der Waals surface area contributed by atoms with E-state index in [-0.39, 0.29) is 28.8 Å². The van der Waals surface area contributed by atoms with Crippen LogP contribution in [0.4, 0.5) is 16.0 Å². The molecule has 0 spiro atoms. The third-order valence-corrected chi connectivity index (χ3v) is 5.51. The number of benzene rings is 1. The van der Waals surface area contributed by atoms with Gasteiger partial charge in [0.1, 0.15) is 23.1 Å².